The van der Waals surface area contributed by atoms with Crippen molar-refractivity contribution in [3.63, 3.8) is 0 Å². The van der Waals surface area contributed by atoms with Crippen LogP contribution in [-0.4, -0.2) is 15.0 Å². The lowest BCUT2D eigenvalue weighted by atomic mass is 9.92. The molecule has 0 saturated heterocycles. The lowest BCUT2D eigenvalue weighted by Gasteiger charge is -2.15. The van der Waals surface area contributed by atoms with Crippen molar-refractivity contribution in [1.82, 2.24) is 15.0 Å². The minimum absolute atomic E-state index is 0.630. The van der Waals surface area contributed by atoms with Gasteiger partial charge in [0.05, 0.1) is 11.6 Å². The van der Waals surface area contributed by atoms with Gasteiger partial charge in [0.2, 0.25) is 0 Å². The van der Waals surface area contributed by atoms with Crippen LogP contribution >= 0.6 is 0 Å². The molecule has 0 radical (unpaired) electrons. The molecule has 7 aromatic rings. The number of nitrogens with zero attached hydrogens (tertiary/aromatic N) is 4. The van der Waals surface area contributed by atoms with E-state index in [-0.39, 0.29) is 0 Å². The standard InChI is InChI=1S/C38H24N4/c39-25-26-15-17-27(18-16-26)28-19-21-30(22-20-28)34-24-23-29-9-7-8-14-33(29)35(34)38-41-36(31-10-3-1-4-11-31)40-37(42-38)32-12-5-2-6-13-32/h1-24H. The molecule has 0 spiro atoms. The summed E-state index contributed by atoms with van der Waals surface area (Å²) in [5.41, 5.74) is 7.76. The van der Waals surface area contributed by atoms with Crippen LogP contribution in [0, 0.1) is 11.3 Å². The number of rotatable bonds is 5. The lowest BCUT2D eigenvalue weighted by Crippen LogP contribution is -2.01. The highest BCUT2D eigenvalue weighted by Crippen LogP contribution is 2.38. The maximum absolute atomic E-state index is 9.16. The molecule has 4 nitrogen and oxygen atoms in total. The molecule has 4 heteroatoms. The van der Waals surface area contributed by atoms with Crippen LogP contribution in [0.3, 0.4) is 0 Å². The van der Waals surface area contributed by atoms with Gasteiger partial charge in [-0.15, -0.1) is 0 Å². The van der Waals surface area contributed by atoms with Gasteiger partial charge in [-0.25, -0.2) is 15.0 Å². The third-order valence-corrected chi connectivity index (χ3v) is 7.40. The van der Waals surface area contributed by atoms with E-state index in [4.69, 9.17) is 20.2 Å². The number of aromatic nitrogens is 3. The van der Waals surface area contributed by atoms with Crippen molar-refractivity contribution in [3.8, 4) is 62.5 Å². The molecule has 7 rings (SSSR count). The summed E-state index contributed by atoms with van der Waals surface area (Å²) in [7, 11) is 0. The maximum atomic E-state index is 9.16. The van der Waals surface area contributed by atoms with Crippen molar-refractivity contribution in [2.24, 2.45) is 0 Å². The Hall–Kier alpha value is -5.92. The summed E-state index contributed by atoms with van der Waals surface area (Å²) in [5.74, 6) is 1.90. The second-order valence-corrected chi connectivity index (χ2v) is 10.0. The Bertz CT molecular complexity index is 2000. The Morgan fingerprint density at radius 1 is 0.405 bits per heavy atom. The zero-order chi connectivity index (χ0) is 28.3. The molecule has 0 atom stereocenters. The molecule has 6 aromatic carbocycles. The first kappa shape index (κ1) is 25.1. The van der Waals surface area contributed by atoms with E-state index in [9.17, 15) is 0 Å². The van der Waals surface area contributed by atoms with E-state index in [1.807, 2.05) is 84.9 Å². The van der Waals surface area contributed by atoms with Crippen LogP contribution in [-0.2, 0) is 0 Å². The largest absolute Gasteiger partial charge is 0.208 e. The highest BCUT2D eigenvalue weighted by molar-refractivity contribution is 6.03. The Kier molecular flexibility index (Phi) is 6.52. The van der Waals surface area contributed by atoms with E-state index in [0.717, 1.165) is 49.7 Å². The molecule has 0 saturated carbocycles. The number of hydrogen-bond acceptors (Lipinski definition) is 4. The molecular formula is C38H24N4. The first-order valence-electron chi connectivity index (χ1n) is 13.8. The highest BCUT2D eigenvalue weighted by atomic mass is 15.0. The predicted molar refractivity (Wildman–Crippen MR) is 169 cm³/mol. The minimum atomic E-state index is 0.630. The lowest BCUT2D eigenvalue weighted by molar-refractivity contribution is 1.08. The van der Waals surface area contributed by atoms with Gasteiger partial charge in [0.25, 0.3) is 0 Å². The van der Waals surface area contributed by atoms with E-state index in [1.165, 1.54) is 0 Å². The number of nitriles is 1. The van der Waals surface area contributed by atoms with Crippen LogP contribution in [0.4, 0.5) is 0 Å². The Balaban J connectivity index is 1.43. The Labute approximate surface area is 244 Å². The normalized spacial score (nSPS) is 10.8. The van der Waals surface area contributed by atoms with Crippen LogP contribution in [0.5, 0.6) is 0 Å². The van der Waals surface area contributed by atoms with Gasteiger partial charge in [-0.2, -0.15) is 5.26 Å². The quantitative estimate of drug-likeness (QED) is 0.220. The summed E-state index contributed by atoms with van der Waals surface area (Å²) in [6, 6.07) is 51.1. The summed E-state index contributed by atoms with van der Waals surface area (Å²) in [6.45, 7) is 0. The second-order valence-electron chi connectivity index (χ2n) is 10.0. The van der Waals surface area contributed by atoms with Gasteiger partial charge in [0, 0.05) is 16.7 Å². The first-order valence-corrected chi connectivity index (χ1v) is 13.8. The van der Waals surface area contributed by atoms with Crippen LogP contribution in [0.2, 0.25) is 0 Å². The molecule has 0 aliphatic rings. The van der Waals surface area contributed by atoms with Crippen molar-refractivity contribution >= 4 is 10.8 Å². The summed E-state index contributed by atoms with van der Waals surface area (Å²) in [5, 5.41) is 11.4. The van der Waals surface area contributed by atoms with Crippen LogP contribution in [0.25, 0.3) is 67.2 Å². The van der Waals surface area contributed by atoms with Crippen molar-refractivity contribution in [2.45, 2.75) is 0 Å². The van der Waals surface area contributed by atoms with E-state index in [0.29, 0.717) is 23.0 Å². The van der Waals surface area contributed by atoms with Gasteiger partial charge in [-0.05, 0) is 45.2 Å². The summed E-state index contributed by atoms with van der Waals surface area (Å²) < 4.78 is 0. The van der Waals surface area contributed by atoms with Gasteiger partial charge < -0.3 is 0 Å². The number of hydrogen-bond donors (Lipinski definition) is 0. The molecule has 196 valence electrons. The van der Waals surface area contributed by atoms with E-state index >= 15 is 0 Å². The fourth-order valence-electron chi connectivity index (χ4n) is 5.25. The molecule has 0 amide bonds. The van der Waals surface area contributed by atoms with Crippen molar-refractivity contribution < 1.29 is 0 Å². The summed E-state index contributed by atoms with van der Waals surface area (Å²) in [4.78, 5) is 15.0. The monoisotopic (exact) mass is 536 g/mol. The Morgan fingerprint density at radius 2 is 0.905 bits per heavy atom. The van der Waals surface area contributed by atoms with Crippen molar-refractivity contribution in [2.75, 3.05) is 0 Å². The molecule has 0 aliphatic carbocycles. The molecule has 0 aliphatic heterocycles. The fraction of sp³-hybridized carbons (Fsp3) is 0. The van der Waals surface area contributed by atoms with Gasteiger partial charge in [-0.3, -0.25) is 0 Å². The molecular weight excluding hydrogens is 512 g/mol. The third kappa shape index (κ3) is 4.81. The Morgan fingerprint density at radius 3 is 1.50 bits per heavy atom. The van der Waals surface area contributed by atoms with E-state index < -0.39 is 0 Å². The fourth-order valence-corrected chi connectivity index (χ4v) is 5.25. The summed E-state index contributed by atoms with van der Waals surface area (Å²) in [6.07, 6.45) is 0. The van der Waals surface area contributed by atoms with Gasteiger partial charge in [0.15, 0.2) is 17.5 Å². The average Bonchev–Trinajstić information content (AvgIpc) is 3.08. The van der Waals surface area contributed by atoms with Crippen LogP contribution < -0.4 is 0 Å². The molecule has 0 unspecified atom stereocenters. The number of benzene rings is 6. The van der Waals surface area contributed by atoms with Crippen LogP contribution in [0.1, 0.15) is 5.56 Å². The third-order valence-electron chi connectivity index (χ3n) is 7.40. The highest BCUT2D eigenvalue weighted by Gasteiger charge is 2.18. The zero-order valence-electron chi connectivity index (χ0n) is 22.6. The molecule has 1 heterocycles. The van der Waals surface area contributed by atoms with Gasteiger partial charge in [-0.1, -0.05) is 133 Å². The van der Waals surface area contributed by atoms with E-state index in [1.54, 1.807) is 0 Å². The first-order chi connectivity index (χ1) is 20.8. The topological polar surface area (TPSA) is 62.5 Å². The van der Waals surface area contributed by atoms with E-state index in [2.05, 4.69) is 66.7 Å². The van der Waals surface area contributed by atoms with Crippen molar-refractivity contribution in [1.29, 1.82) is 5.26 Å². The maximum Gasteiger partial charge on any atom is 0.165 e. The molecule has 1 aromatic heterocycles. The second kappa shape index (κ2) is 10.9. The summed E-state index contributed by atoms with van der Waals surface area (Å²) >= 11 is 0. The molecule has 0 fully saturated rings. The zero-order valence-corrected chi connectivity index (χ0v) is 22.6. The van der Waals surface area contributed by atoms with Crippen LogP contribution in [0.15, 0.2) is 146 Å². The SMILES string of the molecule is N#Cc1ccc(-c2ccc(-c3ccc4ccccc4c3-c3nc(-c4ccccc4)nc(-c4ccccc4)n3)cc2)cc1. The van der Waals surface area contributed by atoms with Gasteiger partial charge >= 0.3 is 0 Å². The molecule has 42 heavy (non-hydrogen) atoms. The number of fused-ring (bicyclic) bond motifs is 1. The minimum Gasteiger partial charge on any atom is -0.208 e. The van der Waals surface area contributed by atoms with Gasteiger partial charge in [0.1, 0.15) is 0 Å². The predicted octanol–water partition coefficient (Wildman–Crippen LogP) is 9.23. The van der Waals surface area contributed by atoms with Crippen molar-refractivity contribution in [3.05, 3.63) is 151 Å². The molecule has 0 N–H and O–H groups in total. The average molecular weight is 537 g/mol. The smallest absolute Gasteiger partial charge is 0.165 e. The molecule has 0 bridgehead atoms.